The SMILES string of the molecule is Cc1cn2cc(N3CCNCC3)ncc2n1. The molecule has 1 saturated heterocycles. The third kappa shape index (κ3) is 1.63. The summed E-state index contributed by atoms with van der Waals surface area (Å²) in [5.74, 6) is 1.03. The fraction of sp³-hybridized carbons (Fsp3) is 0.455. The van der Waals surface area contributed by atoms with Crippen LogP contribution in [-0.4, -0.2) is 40.5 Å². The van der Waals surface area contributed by atoms with Crippen LogP contribution >= 0.6 is 0 Å². The van der Waals surface area contributed by atoms with Gasteiger partial charge in [0.25, 0.3) is 0 Å². The number of rotatable bonds is 1. The quantitative estimate of drug-likeness (QED) is 0.753. The van der Waals surface area contributed by atoms with Gasteiger partial charge in [0.05, 0.1) is 18.1 Å². The van der Waals surface area contributed by atoms with Crippen molar-refractivity contribution in [2.24, 2.45) is 0 Å². The van der Waals surface area contributed by atoms with Gasteiger partial charge in [-0.1, -0.05) is 0 Å². The van der Waals surface area contributed by atoms with Crippen LogP contribution in [0.4, 0.5) is 5.82 Å². The largest absolute Gasteiger partial charge is 0.353 e. The van der Waals surface area contributed by atoms with Crippen molar-refractivity contribution in [3.05, 3.63) is 24.3 Å². The predicted molar refractivity (Wildman–Crippen MR) is 62.8 cm³/mol. The summed E-state index contributed by atoms with van der Waals surface area (Å²) in [6.45, 7) is 6.10. The van der Waals surface area contributed by atoms with E-state index >= 15 is 0 Å². The molecule has 0 unspecified atom stereocenters. The van der Waals surface area contributed by atoms with Gasteiger partial charge in [-0.15, -0.1) is 0 Å². The minimum Gasteiger partial charge on any atom is -0.353 e. The van der Waals surface area contributed by atoms with Crippen molar-refractivity contribution in [1.82, 2.24) is 19.7 Å². The van der Waals surface area contributed by atoms with Gasteiger partial charge in [-0.2, -0.15) is 0 Å². The van der Waals surface area contributed by atoms with Gasteiger partial charge in [-0.3, -0.25) is 0 Å². The van der Waals surface area contributed by atoms with Crippen LogP contribution in [0.25, 0.3) is 5.65 Å². The molecule has 0 amide bonds. The summed E-state index contributed by atoms with van der Waals surface area (Å²) in [5, 5.41) is 3.34. The van der Waals surface area contributed by atoms with Crippen molar-refractivity contribution in [1.29, 1.82) is 0 Å². The average molecular weight is 217 g/mol. The van der Waals surface area contributed by atoms with Crippen molar-refractivity contribution >= 4 is 11.5 Å². The third-order valence-electron chi connectivity index (χ3n) is 2.89. The topological polar surface area (TPSA) is 45.5 Å². The summed E-state index contributed by atoms with van der Waals surface area (Å²) in [6.07, 6.45) is 5.92. The van der Waals surface area contributed by atoms with Gasteiger partial charge in [-0.05, 0) is 6.92 Å². The number of aryl methyl sites for hydroxylation is 1. The first-order valence-electron chi connectivity index (χ1n) is 5.60. The average Bonchev–Trinajstić information content (AvgIpc) is 2.69. The number of fused-ring (bicyclic) bond motifs is 1. The van der Waals surface area contributed by atoms with Gasteiger partial charge in [0.2, 0.25) is 0 Å². The second-order valence-electron chi connectivity index (χ2n) is 4.13. The minimum atomic E-state index is 0.913. The van der Waals surface area contributed by atoms with Crippen LogP contribution in [0.3, 0.4) is 0 Å². The van der Waals surface area contributed by atoms with Crippen molar-refractivity contribution in [3.63, 3.8) is 0 Å². The minimum absolute atomic E-state index is 0.913. The maximum atomic E-state index is 4.46. The smallest absolute Gasteiger partial charge is 0.155 e. The van der Waals surface area contributed by atoms with Gasteiger partial charge in [0, 0.05) is 32.4 Å². The predicted octanol–water partition coefficient (Wildman–Crippen LogP) is 0.447. The van der Waals surface area contributed by atoms with Crippen LogP contribution in [0.15, 0.2) is 18.6 Å². The van der Waals surface area contributed by atoms with E-state index in [-0.39, 0.29) is 0 Å². The van der Waals surface area contributed by atoms with E-state index in [9.17, 15) is 0 Å². The summed E-state index contributed by atoms with van der Waals surface area (Å²) >= 11 is 0. The number of anilines is 1. The van der Waals surface area contributed by atoms with Crippen LogP contribution in [-0.2, 0) is 0 Å². The molecule has 5 heteroatoms. The molecule has 0 aliphatic carbocycles. The second kappa shape index (κ2) is 3.75. The lowest BCUT2D eigenvalue weighted by Crippen LogP contribution is -2.43. The monoisotopic (exact) mass is 217 g/mol. The molecular formula is C11H15N5. The molecule has 1 aliphatic heterocycles. The highest BCUT2D eigenvalue weighted by Gasteiger charge is 2.12. The van der Waals surface area contributed by atoms with Crippen LogP contribution in [0.5, 0.6) is 0 Å². The number of nitrogens with zero attached hydrogens (tertiary/aromatic N) is 4. The Kier molecular flexibility index (Phi) is 2.25. The molecule has 0 bridgehead atoms. The first-order chi connectivity index (χ1) is 7.83. The first kappa shape index (κ1) is 9.59. The number of aromatic nitrogens is 3. The molecule has 2 aromatic rings. The van der Waals surface area contributed by atoms with E-state index in [1.165, 1.54) is 0 Å². The van der Waals surface area contributed by atoms with E-state index < -0.39 is 0 Å². The fourth-order valence-electron chi connectivity index (χ4n) is 2.07. The molecule has 3 heterocycles. The van der Waals surface area contributed by atoms with Crippen LogP contribution < -0.4 is 10.2 Å². The number of hydrogen-bond donors (Lipinski definition) is 1. The lowest BCUT2D eigenvalue weighted by molar-refractivity contribution is 0.584. The number of piperazine rings is 1. The zero-order valence-electron chi connectivity index (χ0n) is 9.35. The van der Waals surface area contributed by atoms with Gasteiger partial charge < -0.3 is 14.6 Å². The number of imidazole rings is 1. The molecule has 0 spiro atoms. The fourth-order valence-corrected chi connectivity index (χ4v) is 2.07. The Morgan fingerprint density at radius 1 is 1.25 bits per heavy atom. The van der Waals surface area contributed by atoms with Gasteiger partial charge >= 0.3 is 0 Å². The summed E-state index contributed by atoms with van der Waals surface area (Å²) in [4.78, 5) is 11.1. The van der Waals surface area contributed by atoms with Crippen molar-refractivity contribution in [3.8, 4) is 0 Å². The highest BCUT2D eigenvalue weighted by molar-refractivity contribution is 5.45. The summed E-state index contributed by atoms with van der Waals surface area (Å²) in [5.41, 5.74) is 1.94. The van der Waals surface area contributed by atoms with E-state index in [1.54, 1.807) is 0 Å². The van der Waals surface area contributed by atoms with Crippen LogP contribution in [0.2, 0.25) is 0 Å². The van der Waals surface area contributed by atoms with E-state index in [1.807, 2.05) is 23.7 Å². The van der Waals surface area contributed by atoms with Crippen molar-refractivity contribution in [2.75, 3.05) is 31.1 Å². The summed E-state index contributed by atoms with van der Waals surface area (Å²) < 4.78 is 2.04. The van der Waals surface area contributed by atoms with Crippen molar-refractivity contribution in [2.45, 2.75) is 6.92 Å². The van der Waals surface area contributed by atoms with E-state index in [4.69, 9.17) is 0 Å². The molecule has 16 heavy (non-hydrogen) atoms. The molecule has 0 radical (unpaired) electrons. The molecule has 5 nitrogen and oxygen atoms in total. The molecule has 1 N–H and O–H groups in total. The summed E-state index contributed by atoms with van der Waals surface area (Å²) in [7, 11) is 0. The number of nitrogens with one attached hydrogen (secondary N) is 1. The molecular weight excluding hydrogens is 202 g/mol. The standard InChI is InChI=1S/C11H15N5/c1-9-7-16-8-11(13-6-10(16)14-9)15-4-2-12-3-5-15/h6-8,12H,2-5H2,1H3. The van der Waals surface area contributed by atoms with E-state index in [0.29, 0.717) is 0 Å². The molecule has 3 rings (SSSR count). The Bertz CT molecular complexity index is 498. The normalized spacial score (nSPS) is 16.9. The molecule has 1 fully saturated rings. The molecule has 2 aromatic heterocycles. The Labute approximate surface area is 94.1 Å². The van der Waals surface area contributed by atoms with Crippen LogP contribution in [0, 0.1) is 6.92 Å². The third-order valence-corrected chi connectivity index (χ3v) is 2.89. The number of hydrogen-bond acceptors (Lipinski definition) is 4. The lowest BCUT2D eigenvalue weighted by Gasteiger charge is -2.28. The van der Waals surface area contributed by atoms with Crippen molar-refractivity contribution < 1.29 is 0 Å². The Morgan fingerprint density at radius 3 is 2.88 bits per heavy atom. The van der Waals surface area contributed by atoms with E-state index in [2.05, 4.69) is 26.4 Å². The molecule has 84 valence electrons. The first-order valence-corrected chi connectivity index (χ1v) is 5.60. The van der Waals surface area contributed by atoms with Gasteiger partial charge in [-0.25, -0.2) is 9.97 Å². The molecule has 0 saturated carbocycles. The maximum Gasteiger partial charge on any atom is 0.155 e. The Balaban J connectivity index is 1.97. The van der Waals surface area contributed by atoms with Crippen LogP contribution in [0.1, 0.15) is 5.69 Å². The zero-order valence-corrected chi connectivity index (χ0v) is 9.35. The molecule has 0 aromatic carbocycles. The Hall–Kier alpha value is -1.62. The summed E-state index contributed by atoms with van der Waals surface area (Å²) in [6, 6.07) is 0. The molecule has 0 atom stereocenters. The molecule has 1 aliphatic rings. The zero-order chi connectivity index (χ0) is 11.0. The van der Waals surface area contributed by atoms with Gasteiger partial charge in [0.1, 0.15) is 5.82 Å². The second-order valence-corrected chi connectivity index (χ2v) is 4.13. The Morgan fingerprint density at radius 2 is 2.06 bits per heavy atom. The maximum absolute atomic E-state index is 4.46. The highest BCUT2D eigenvalue weighted by Crippen LogP contribution is 2.12. The highest BCUT2D eigenvalue weighted by atomic mass is 15.2. The lowest BCUT2D eigenvalue weighted by atomic mass is 10.3. The van der Waals surface area contributed by atoms with E-state index in [0.717, 1.165) is 43.3 Å². The van der Waals surface area contributed by atoms with Gasteiger partial charge in [0.15, 0.2) is 5.65 Å².